The predicted octanol–water partition coefficient (Wildman–Crippen LogP) is 4.75. The molecular formula is C33H32FN9O3S. The molecule has 1 fully saturated rings. The van der Waals surface area contributed by atoms with Crippen LogP contribution >= 0.6 is 0 Å². The minimum atomic E-state index is -3.46. The van der Waals surface area contributed by atoms with Crippen molar-refractivity contribution in [3.8, 4) is 33.9 Å². The van der Waals surface area contributed by atoms with Gasteiger partial charge in [0.1, 0.15) is 17.0 Å². The molecule has 5 heterocycles. The fourth-order valence-corrected chi connectivity index (χ4v) is 6.39. The normalized spacial score (nSPS) is 14.2. The largest absolute Gasteiger partial charge is 0.336 e. The first-order valence-electron chi connectivity index (χ1n) is 15.2. The van der Waals surface area contributed by atoms with Crippen LogP contribution in [0.5, 0.6) is 0 Å². The highest BCUT2D eigenvalue weighted by Crippen LogP contribution is 2.33. The zero-order valence-electron chi connectivity index (χ0n) is 25.5. The zero-order chi connectivity index (χ0) is 32.5. The Morgan fingerprint density at radius 2 is 1.83 bits per heavy atom. The summed E-state index contributed by atoms with van der Waals surface area (Å²) in [4.78, 5) is 29.7. The molecule has 1 saturated heterocycles. The Labute approximate surface area is 269 Å². The van der Waals surface area contributed by atoms with Crippen molar-refractivity contribution in [1.82, 2.24) is 40.2 Å². The molecule has 6 aromatic rings. The number of benzene rings is 2. The molecule has 2 aromatic carbocycles. The smallest absolute Gasteiger partial charge is 0.224 e. The quantitative estimate of drug-likeness (QED) is 0.149. The summed E-state index contributed by atoms with van der Waals surface area (Å²) in [5.74, 6) is 0.343. The Bertz CT molecular complexity index is 2230. The summed E-state index contributed by atoms with van der Waals surface area (Å²) in [6.45, 7) is 1.83. The van der Waals surface area contributed by atoms with Gasteiger partial charge in [0, 0.05) is 41.9 Å². The van der Waals surface area contributed by atoms with Gasteiger partial charge in [0.25, 0.3) is 0 Å². The van der Waals surface area contributed by atoms with E-state index in [-0.39, 0.29) is 12.5 Å². The number of rotatable bonds is 9. The summed E-state index contributed by atoms with van der Waals surface area (Å²) in [6, 6.07) is 13.9. The number of piperidine rings is 1. The van der Waals surface area contributed by atoms with E-state index in [0.29, 0.717) is 57.4 Å². The molecule has 47 heavy (non-hydrogen) atoms. The van der Waals surface area contributed by atoms with Crippen LogP contribution in [0.1, 0.15) is 24.8 Å². The lowest BCUT2D eigenvalue weighted by Crippen LogP contribution is -2.30. The number of aromatic amines is 2. The molecule has 0 radical (unpaired) electrons. The van der Waals surface area contributed by atoms with E-state index in [0.717, 1.165) is 54.2 Å². The van der Waals surface area contributed by atoms with Gasteiger partial charge in [-0.1, -0.05) is 6.07 Å². The van der Waals surface area contributed by atoms with E-state index in [4.69, 9.17) is 4.98 Å². The number of carbonyl (C=O) groups is 1. The van der Waals surface area contributed by atoms with Crippen molar-refractivity contribution in [3.05, 3.63) is 78.5 Å². The maximum Gasteiger partial charge on any atom is 0.224 e. The summed E-state index contributed by atoms with van der Waals surface area (Å²) in [5.41, 5.74) is 6.28. The number of H-pyrrole nitrogens is 2. The van der Waals surface area contributed by atoms with Gasteiger partial charge in [-0.15, -0.1) is 0 Å². The molecule has 0 saturated carbocycles. The van der Waals surface area contributed by atoms with Crippen LogP contribution in [-0.4, -0.2) is 63.8 Å². The van der Waals surface area contributed by atoms with E-state index in [1.807, 2.05) is 24.3 Å². The van der Waals surface area contributed by atoms with Crippen molar-refractivity contribution >= 4 is 43.6 Å². The van der Waals surface area contributed by atoms with Crippen molar-refractivity contribution in [2.24, 2.45) is 5.92 Å². The van der Waals surface area contributed by atoms with Crippen LogP contribution in [-0.2, 0) is 21.4 Å². The van der Waals surface area contributed by atoms with Gasteiger partial charge in [-0.2, -0.15) is 5.10 Å². The second-order valence-electron chi connectivity index (χ2n) is 11.8. The van der Waals surface area contributed by atoms with Crippen LogP contribution in [0.25, 0.3) is 55.8 Å². The van der Waals surface area contributed by atoms with Crippen LogP contribution in [0.15, 0.2) is 67.1 Å². The first-order chi connectivity index (χ1) is 22.7. The molecule has 5 N–H and O–H groups in total. The molecule has 14 heteroatoms. The van der Waals surface area contributed by atoms with Gasteiger partial charge in [-0.25, -0.2) is 22.5 Å². The van der Waals surface area contributed by atoms with Gasteiger partial charge in [0.05, 0.1) is 34.9 Å². The molecule has 12 nitrogen and oxygen atoms in total. The lowest BCUT2D eigenvalue weighted by atomic mass is 9.94. The van der Waals surface area contributed by atoms with E-state index in [2.05, 4.69) is 40.5 Å². The molecule has 0 aliphatic carbocycles. The number of carbonyl (C=O) groups excluding carboxylic acids is 1. The number of aromatic nitrogens is 6. The third-order valence-electron chi connectivity index (χ3n) is 8.25. The Kier molecular flexibility index (Phi) is 8.22. The predicted molar refractivity (Wildman–Crippen MR) is 178 cm³/mol. The number of nitrogens with one attached hydrogen (secondary N) is 5. The number of hydrogen-bond donors (Lipinski definition) is 5. The van der Waals surface area contributed by atoms with E-state index in [9.17, 15) is 17.6 Å². The van der Waals surface area contributed by atoms with Crippen LogP contribution in [0.4, 0.5) is 10.1 Å². The maximum atomic E-state index is 14.6. The fraction of sp³-hybridized carbons (Fsp3) is 0.242. The fourth-order valence-electron chi connectivity index (χ4n) is 5.96. The van der Waals surface area contributed by atoms with Crippen molar-refractivity contribution in [2.45, 2.75) is 25.8 Å². The SMILES string of the molecule is CS(=O)(=O)NCc1cc(F)cc(-c2nccc3[nH]c(-c4n[nH]c5ccc(-c6cncc(NC(=O)CC7CCNCC7)c6)cc45)nc23)c1. The van der Waals surface area contributed by atoms with Crippen molar-refractivity contribution in [2.75, 3.05) is 24.7 Å². The number of imidazole rings is 1. The number of amides is 1. The second-order valence-corrected chi connectivity index (χ2v) is 13.7. The van der Waals surface area contributed by atoms with Gasteiger partial charge in [-0.3, -0.25) is 19.9 Å². The number of fused-ring (bicyclic) bond motifs is 2. The number of pyridine rings is 2. The molecule has 1 aliphatic heterocycles. The third kappa shape index (κ3) is 6.89. The van der Waals surface area contributed by atoms with E-state index in [1.54, 1.807) is 30.7 Å². The van der Waals surface area contributed by atoms with Crippen LogP contribution in [0, 0.1) is 11.7 Å². The van der Waals surface area contributed by atoms with Crippen molar-refractivity contribution in [3.63, 3.8) is 0 Å². The molecular weight excluding hydrogens is 621 g/mol. The van der Waals surface area contributed by atoms with Crippen molar-refractivity contribution < 1.29 is 17.6 Å². The van der Waals surface area contributed by atoms with Gasteiger partial charge >= 0.3 is 0 Å². The standard InChI is InChI=1S/C33H32FN9O3S/c1-47(45,46)38-16-20-10-22(13-24(34)11-20)30-32-28(6-9-37-30)40-33(41-32)31-26-15-21(2-3-27(26)42-43-31)23-14-25(18-36-17-23)39-29(44)12-19-4-7-35-8-5-19/h2-3,6,9-11,13-15,17-19,35,38H,4-5,7-8,12,16H2,1H3,(H,39,44)(H,40,41)(H,42,43). The summed E-state index contributed by atoms with van der Waals surface area (Å²) >= 11 is 0. The second kappa shape index (κ2) is 12.6. The van der Waals surface area contributed by atoms with Crippen LogP contribution in [0.3, 0.4) is 0 Å². The molecule has 7 rings (SSSR count). The third-order valence-corrected chi connectivity index (χ3v) is 8.91. The lowest BCUT2D eigenvalue weighted by molar-refractivity contribution is -0.117. The number of halogens is 1. The molecule has 0 bridgehead atoms. The first-order valence-corrected chi connectivity index (χ1v) is 17.1. The number of sulfonamides is 1. The first kappa shape index (κ1) is 30.6. The van der Waals surface area contributed by atoms with Crippen LogP contribution in [0.2, 0.25) is 0 Å². The molecule has 0 atom stereocenters. The number of anilines is 1. The molecule has 4 aromatic heterocycles. The molecule has 1 amide bonds. The summed E-state index contributed by atoms with van der Waals surface area (Å²) in [6.07, 6.45) is 8.54. The molecule has 0 unspecified atom stereocenters. The van der Waals surface area contributed by atoms with Crippen LogP contribution < -0.4 is 15.4 Å². The highest BCUT2D eigenvalue weighted by atomic mass is 32.2. The maximum absolute atomic E-state index is 14.6. The highest BCUT2D eigenvalue weighted by Gasteiger charge is 2.19. The highest BCUT2D eigenvalue weighted by molar-refractivity contribution is 7.88. The van der Waals surface area contributed by atoms with E-state index in [1.165, 1.54) is 12.1 Å². The van der Waals surface area contributed by atoms with Gasteiger partial charge < -0.3 is 15.6 Å². The Balaban J connectivity index is 1.18. The Morgan fingerprint density at radius 1 is 0.979 bits per heavy atom. The molecule has 240 valence electrons. The zero-order valence-corrected chi connectivity index (χ0v) is 26.3. The lowest BCUT2D eigenvalue weighted by Gasteiger charge is -2.21. The van der Waals surface area contributed by atoms with E-state index < -0.39 is 15.8 Å². The Hall–Kier alpha value is -5.05. The average molecular weight is 654 g/mol. The summed E-state index contributed by atoms with van der Waals surface area (Å²) in [7, 11) is -3.46. The number of nitrogens with zero attached hydrogens (tertiary/aromatic N) is 4. The Morgan fingerprint density at radius 3 is 2.66 bits per heavy atom. The topological polar surface area (TPSA) is 170 Å². The minimum Gasteiger partial charge on any atom is -0.336 e. The van der Waals surface area contributed by atoms with E-state index >= 15 is 0 Å². The molecule has 0 spiro atoms. The van der Waals surface area contributed by atoms with Gasteiger partial charge in [0.2, 0.25) is 15.9 Å². The van der Waals surface area contributed by atoms with Crippen molar-refractivity contribution in [1.29, 1.82) is 0 Å². The average Bonchev–Trinajstić information content (AvgIpc) is 3.68. The van der Waals surface area contributed by atoms with Gasteiger partial charge in [0.15, 0.2) is 5.82 Å². The monoisotopic (exact) mass is 653 g/mol. The summed E-state index contributed by atoms with van der Waals surface area (Å²) in [5, 5.41) is 14.8. The van der Waals surface area contributed by atoms with Gasteiger partial charge in [-0.05, 0) is 85.4 Å². The molecule has 1 aliphatic rings. The summed E-state index contributed by atoms with van der Waals surface area (Å²) < 4.78 is 40.2. The number of hydrogen-bond acceptors (Lipinski definition) is 8. The minimum absolute atomic E-state index is 0.0118.